The minimum absolute atomic E-state index is 0.151. The molecule has 174 valence electrons. The van der Waals surface area contributed by atoms with Crippen LogP contribution in [0.15, 0.2) is 66.7 Å². The largest absolute Gasteiger partial charge is 0.494 e. The van der Waals surface area contributed by atoms with Gasteiger partial charge in [0.15, 0.2) is 0 Å². The topological polar surface area (TPSA) is 32.8 Å². The van der Waals surface area contributed by atoms with Crippen molar-refractivity contribution >= 4 is 16.7 Å². The van der Waals surface area contributed by atoms with Crippen LogP contribution in [0.4, 0.5) is 0 Å². The normalized spacial score (nSPS) is 16.2. The molecule has 0 aromatic heterocycles. The lowest BCUT2D eigenvalue weighted by Crippen LogP contribution is -2.37. The second kappa shape index (κ2) is 11.3. The first-order valence-corrected chi connectivity index (χ1v) is 12.2. The lowest BCUT2D eigenvalue weighted by Gasteiger charge is -2.23. The molecule has 4 nitrogen and oxygen atoms in total. The Morgan fingerprint density at radius 2 is 1.76 bits per heavy atom. The maximum Gasteiger partial charge on any atom is 0.219 e. The van der Waals surface area contributed by atoms with Crippen LogP contribution < -0.4 is 4.74 Å². The number of unbranched alkanes of at least 4 members (excludes halogenated alkanes) is 2. The van der Waals surface area contributed by atoms with Crippen LogP contribution in [-0.2, 0) is 17.8 Å². The molecule has 1 amide bonds. The zero-order valence-corrected chi connectivity index (χ0v) is 20.0. The maximum atomic E-state index is 11.6. The Bertz CT molecular complexity index is 1050. The number of ether oxygens (including phenoxy) is 1. The van der Waals surface area contributed by atoms with Gasteiger partial charge in [-0.2, -0.15) is 0 Å². The number of nitrogens with zero attached hydrogens (tertiary/aromatic N) is 2. The molecule has 4 rings (SSSR count). The number of amides is 1. The molecule has 1 atom stereocenters. The van der Waals surface area contributed by atoms with Gasteiger partial charge in [0, 0.05) is 39.6 Å². The van der Waals surface area contributed by atoms with Gasteiger partial charge in [0.05, 0.1) is 6.61 Å². The summed E-state index contributed by atoms with van der Waals surface area (Å²) in [6.45, 7) is 5.34. The number of likely N-dealkylation sites (N-methyl/N-ethyl adjacent to an activating group) is 1. The van der Waals surface area contributed by atoms with Crippen LogP contribution in [-0.4, -0.2) is 48.5 Å². The van der Waals surface area contributed by atoms with E-state index in [4.69, 9.17) is 4.74 Å². The van der Waals surface area contributed by atoms with Crippen molar-refractivity contribution in [3.05, 3.63) is 77.9 Å². The second-order valence-corrected chi connectivity index (χ2v) is 9.30. The van der Waals surface area contributed by atoms with E-state index in [-0.39, 0.29) is 5.91 Å². The van der Waals surface area contributed by atoms with Gasteiger partial charge in [-0.25, -0.2) is 0 Å². The summed E-state index contributed by atoms with van der Waals surface area (Å²) in [5.41, 5.74) is 2.74. The van der Waals surface area contributed by atoms with Crippen molar-refractivity contribution in [2.75, 3.05) is 26.7 Å². The third-order valence-electron chi connectivity index (χ3n) is 6.80. The average molecular weight is 445 g/mol. The Morgan fingerprint density at radius 3 is 2.58 bits per heavy atom. The summed E-state index contributed by atoms with van der Waals surface area (Å²) in [5.74, 6) is 1.10. The first-order chi connectivity index (χ1) is 16.1. The lowest BCUT2D eigenvalue weighted by atomic mass is 10.1. The van der Waals surface area contributed by atoms with Gasteiger partial charge >= 0.3 is 0 Å². The van der Waals surface area contributed by atoms with E-state index in [1.165, 1.54) is 34.7 Å². The van der Waals surface area contributed by atoms with E-state index in [0.717, 1.165) is 51.3 Å². The van der Waals surface area contributed by atoms with E-state index in [1.807, 2.05) is 11.9 Å². The first kappa shape index (κ1) is 23.3. The van der Waals surface area contributed by atoms with Crippen molar-refractivity contribution in [3.63, 3.8) is 0 Å². The van der Waals surface area contributed by atoms with Crippen molar-refractivity contribution in [2.24, 2.45) is 0 Å². The molecule has 3 aromatic carbocycles. The molecule has 0 saturated carbocycles. The number of aryl methyl sites for hydroxylation is 1. The molecule has 0 radical (unpaired) electrons. The van der Waals surface area contributed by atoms with Gasteiger partial charge in [-0.05, 0) is 72.2 Å². The Labute approximate surface area is 198 Å². The average Bonchev–Trinajstić information content (AvgIpc) is 3.29. The second-order valence-electron chi connectivity index (χ2n) is 9.30. The van der Waals surface area contributed by atoms with Gasteiger partial charge in [0.1, 0.15) is 5.75 Å². The molecule has 1 aliphatic rings. The number of carbonyl (C=O) groups excluding carboxylic acids is 1. The highest BCUT2D eigenvalue weighted by Crippen LogP contribution is 2.24. The fourth-order valence-electron chi connectivity index (χ4n) is 4.69. The molecular formula is C29H36N2O2. The standard InChI is InChI=1S/C29H36N2O2/c1-23(32)30(2)28-16-17-31(22-28)21-25-12-13-27-20-29(15-14-26(27)19-25)33-18-8-4-7-11-24-9-5-3-6-10-24/h3,5-6,9-10,12-15,19-20,28H,4,7-8,11,16-18,21-22H2,1-2H3. The number of rotatable bonds is 10. The van der Waals surface area contributed by atoms with Gasteiger partial charge in [0.25, 0.3) is 0 Å². The van der Waals surface area contributed by atoms with Gasteiger partial charge in [0.2, 0.25) is 5.91 Å². The number of hydrogen-bond acceptors (Lipinski definition) is 3. The molecular weight excluding hydrogens is 408 g/mol. The third-order valence-corrected chi connectivity index (χ3v) is 6.80. The third kappa shape index (κ3) is 6.58. The number of fused-ring (bicyclic) bond motifs is 1. The van der Waals surface area contributed by atoms with E-state index >= 15 is 0 Å². The van der Waals surface area contributed by atoms with E-state index in [9.17, 15) is 4.79 Å². The molecule has 33 heavy (non-hydrogen) atoms. The Kier molecular flexibility index (Phi) is 8.01. The Balaban J connectivity index is 1.23. The van der Waals surface area contributed by atoms with Crippen LogP contribution in [0.3, 0.4) is 0 Å². The van der Waals surface area contributed by atoms with Gasteiger partial charge in [-0.1, -0.05) is 48.5 Å². The van der Waals surface area contributed by atoms with Crippen LogP contribution in [0.25, 0.3) is 10.8 Å². The van der Waals surface area contributed by atoms with E-state index < -0.39 is 0 Å². The van der Waals surface area contributed by atoms with Crippen LogP contribution >= 0.6 is 0 Å². The number of carbonyl (C=O) groups is 1. The van der Waals surface area contributed by atoms with E-state index in [0.29, 0.717) is 6.04 Å². The molecule has 1 unspecified atom stereocenters. The minimum atomic E-state index is 0.151. The summed E-state index contributed by atoms with van der Waals surface area (Å²) in [4.78, 5) is 16.0. The molecule has 4 heteroatoms. The summed E-state index contributed by atoms with van der Waals surface area (Å²) in [6, 6.07) is 24.1. The van der Waals surface area contributed by atoms with Crippen LogP contribution in [0, 0.1) is 0 Å². The summed E-state index contributed by atoms with van der Waals surface area (Å²) < 4.78 is 6.02. The van der Waals surface area contributed by atoms with Crippen LogP contribution in [0.1, 0.15) is 43.7 Å². The molecule has 3 aromatic rings. The minimum Gasteiger partial charge on any atom is -0.494 e. The predicted octanol–water partition coefficient (Wildman–Crippen LogP) is 5.68. The Morgan fingerprint density at radius 1 is 0.970 bits per heavy atom. The summed E-state index contributed by atoms with van der Waals surface area (Å²) in [6.07, 6.45) is 5.67. The van der Waals surface area contributed by atoms with Crippen LogP contribution in [0.2, 0.25) is 0 Å². The smallest absolute Gasteiger partial charge is 0.219 e. The maximum absolute atomic E-state index is 11.6. The predicted molar refractivity (Wildman–Crippen MR) is 136 cm³/mol. The monoisotopic (exact) mass is 444 g/mol. The summed E-state index contributed by atoms with van der Waals surface area (Å²) in [5, 5.41) is 2.47. The summed E-state index contributed by atoms with van der Waals surface area (Å²) in [7, 11) is 1.91. The fourth-order valence-corrected chi connectivity index (χ4v) is 4.69. The molecule has 1 saturated heterocycles. The SMILES string of the molecule is CC(=O)N(C)C1CCN(Cc2ccc3cc(OCCCCCc4ccccc4)ccc3c2)C1. The molecule has 0 bridgehead atoms. The fraction of sp³-hybridized carbons (Fsp3) is 0.414. The molecule has 1 heterocycles. The molecule has 0 N–H and O–H groups in total. The van der Waals surface area contributed by atoms with E-state index in [1.54, 1.807) is 6.92 Å². The van der Waals surface area contributed by atoms with Crippen molar-refractivity contribution in [3.8, 4) is 5.75 Å². The molecule has 1 aliphatic heterocycles. The van der Waals surface area contributed by atoms with Gasteiger partial charge in [-0.3, -0.25) is 9.69 Å². The zero-order chi connectivity index (χ0) is 23.0. The van der Waals surface area contributed by atoms with Crippen molar-refractivity contribution in [2.45, 2.75) is 51.6 Å². The van der Waals surface area contributed by atoms with Crippen molar-refractivity contribution in [1.29, 1.82) is 0 Å². The van der Waals surface area contributed by atoms with Gasteiger partial charge in [-0.15, -0.1) is 0 Å². The number of hydrogen-bond donors (Lipinski definition) is 0. The number of benzene rings is 3. The summed E-state index contributed by atoms with van der Waals surface area (Å²) >= 11 is 0. The lowest BCUT2D eigenvalue weighted by molar-refractivity contribution is -0.129. The zero-order valence-electron chi connectivity index (χ0n) is 20.0. The highest BCUT2D eigenvalue weighted by Gasteiger charge is 2.26. The van der Waals surface area contributed by atoms with Crippen molar-refractivity contribution in [1.82, 2.24) is 9.80 Å². The van der Waals surface area contributed by atoms with Crippen LogP contribution in [0.5, 0.6) is 5.75 Å². The van der Waals surface area contributed by atoms with Crippen molar-refractivity contribution < 1.29 is 9.53 Å². The molecule has 0 spiro atoms. The van der Waals surface area contributed by atoms with Gasteiger partial charge < -0.3 is 9.64 Å². The first-order valence-electron chi connectivity index (χ1n) is 12.2. The Hall–Kier alpha value is -2.85. The quantitative estimate of drug-likeness (QED) is 0.377. The highest BCUT2D eigenvalue weighted by molar-refractivity contribution is 5.84. The van der Waals surface area contributed by atoms with E-state index in [2.05, 4.69) is 71.6 Å². The molecule has 1 fully saturated rings. The molecule has 0 aliphatic carbocycles. The highest BCUT2D eigenvalue weighted by atomic mass is 16.5. The number of likely N-dealkylation sites (tertiary alicyclic amines) is 1.